The van der Waals surface area contributed by atoms with Crippen LogP contribution in [0, 0.1) is 0 Å². The molecular formula is C18H20ClN3O2. The molecule has 0 aliphatic carbocycles. The lowest BCUT2D eigenvalue weighted by molar-refractivity contribution is 0.174. The van der Waals surface area contributed by atoms with E-state index >= 15 is 0 Å². The van der Waals surface area contributed by atoms with Crippen molar-refractivity contribution >= 4 is 17.6 Å². The van der Waals surface area contributed by atoms with E-state index in [1.54, 1.807) is 0 Å². The van der Waals surface area contributed by atoms with Crippen molar-refractivity contribution in [2.75, 3.05) is 13.3 Å². The molecule has 0 bridgehead atoms. The van der Waals surface area contributed by atoms with Crippen LogP contribution >= 0.6 is 11.6 Å². The molecule has 0 atom stereocenters. The van der Waals surface area contributed by atoms with E-state index in [1.807, 2.05) is 49.4 Å². The molecule has 0 saturated heterocycles. The molecule has 1 heterocycles. The van der Waals surface area contributed by atoms with Crippen molar-refractivity contribution in [3.8, 4) is 11.5 Å². The average molecular weight is 346 g/mol. The zero-order valence-electron chi connectivity index (χ0n) is 13.5. The van der Waals surface area contributed by atoms with Gasteiger partial charge in [-0.05, 0) is 42.3 Å². The summed E-state index contributed by atoms with van der Waals surface area (Å²) in [5.74, 6) is 2.34. The largest absolute Gasteiger partial charge is 0.454 e. The topological polar surface area (TPSA) is 54.9 Å². The summed E-state index contributed by atoms with van der Waals surface area (Å²) in [5, 5.41) is 7.30. The number of ether oxygens (including phenoxy) is 2. The van der Waals surface area contributed by atoms with Gasteiger partial charge in [-0.3, -0.25) is 0 Å². The summed E-state index contributed by atoms with van der Waals surface area (Å²) in [6, 6.07) is 13.6. The van der Waals surface area contributed by atoms with E-state index in [-0.39, 0.29) is 6.79 Å². The van der Waals surface area contributed by atoms with Crippen molar-refractivity contribution in [1.82, 2.24) is 10.6 Å². The Morgan fingerprint density at radius 2 is 1.79 bits per heavy atom. The van der Waals surface area contributed by atoms with Crippen molar-refractivity contribution in [2.45, 2.75) is 20.0 Å². The molecule has 0 amide bonds. The maximum Gasteiger partial charge on any atom is 0.231 e. The molecular weight excluding hydrogens is 326 g/mol. The molecule has 0 spiro atoms. The zero-order valence-corrected chi connectivity index (χ0v) is 14.3. The minimum atomic E-state index is 0.285. The van der Waals surface area contributed by atoms with E-state index < -0.39 is 0 Å². The molecule has 5 nitrogen and oxygen atoms in total. The Hall–Kier alpha value is -2.40. The van der Waals surface area contributed by atoms with E-state index in [4.69, 9.17) is 21.1 Å². The summed E-state index contributed by atoms with van der Waals surface area (Å²) in [4.78, 5) is 4.61. The number of benzene rings is 2. The van der Waals surface area contributed by atoms with Gasteiger partial charge in [0.2, 0.25) is 6.79 Å². The molecule has 3 rings (SSSR count). The summed E-state index contributed by atoms with van der Waals surface area (Å²) in [6.07, 6.45) is 0. The lowest BCUT2D eigenvalue weighted by Crippen LogP contribution is -2.36. The van der Waals surface area contributed by atoms with Crippen LogP contribution in [0.3, 0.4) is 0 Å². The van der Waals surface area contributed by atoms with Gasteiger partial charge in [0, 0.05) is 18.1 Å². The highest BCUT2D eigenvalue weighted by Gasteiger charge is 2.12. The molecule has 24 heavy (non-hydrogen) atoms. The first-order chi connectivity index (χ1) is 11.7. The Kier molecular flexibility index (Phi) is 5.43. The molecule has 2 aromatic carbocycles. The Labute approximate surface area is 146 Å². The number of aliphatic imine (C=N–C) groups is 1. The first-order valence-electron chi connectivity index (χ1n) is 7.90. The summed E-state index contributed by atoms with van der Waals surface area (Å²) in [5.41, 5.74) is 2.22. The maximum atomic E-state index is 5.91. The quantitative estimate of drug-likeness (QED) is 0.644. The third-order valence-electron chi connectivity index (χ3n) is 3.57. The van der Waals surface area contributed by atoms with Crippen molar-refractivity contribution in [3.05, 3.63) is 58.6 Å². The highest BCUT2D eigenvalue weighted by Crippen LogP contribution is 2.32. The third kappa shape index (κ3) is 4.32. The van der Waals surface area contributed by atoms with Crippen molar-refractivity contribution in [2.24, 2.45) is 4.99 Å². The second kappa shape index (κ2) is 7.93. The average Bonchev–Trinajstić information content (AvgIpc) is 3.06. The van der Waals surface area contributed by atoms with Gasteiger partial charge >= 0.3 is 0 Å². The Morgan fingerprint density at radius 1 is 1.04 bits per heavy atom. The molecule has 0 aromatic heterocycles. The van der Waals surface area contributed by atoms with E-state index in [0.717, 1.165) is 40.2 Å². The fourth-order valence-corrected chi connectivity index (χ4v) is 2.47. The number of hydrogen-bond donors (Lipinski definition) is 2. The predicted molar refractivity (Wildman–Crippen MR) is 95.7 cm³/mol. The van der Waals surface area contributed by atoms with Crippen LogP contribution in [0.5, 0.6) is 11.5 Å². The second-order valence-corrected chi connectivity index (χ2v) is 5.80. The molecule has 0 radical (unpaired) electrons. The predicted octanol–water partition coefficient (Wildman–Crippen LogP) is 3.32. The van der Waals surface area contributed by atoms with Crippen LogP contribution in [0.25, 0.3) is 0 Å². The van der Waals surface area contributed by atoms with Crippen molar-refractivity contribution in [3.63, 3.8) is 0 Å². The minimum Gasteiger partial charge on any atom is -0.454 e. The smallest absolute Gasteiger partial charge is 0.231 e. The normalized spacial score (nSPS) is 13.0. The van der Waals surface area contributed by atoms with Gasteiger partial charge in [-0.25, -0.2) is 4.99 Å². The van der Waals surface area contributed by atoms with Crippen LogP contribution < -0.4 is 20.1 Å². The van der Waals surface area contributed by atoms with Gasteiger partial charge in [-0.15, -0.1) is 0 Å². The lowest BCUT2D eigenvalue weighted by Gasteiger charge is -2.11. The molecule has 1 aliphatic rings. The SMILES string of the molecule is CCNC(=NCc1ccc2c(c1)OCO2)NCc1ccc(Cl)cc1. The third-order valence-corrected chi connectivity index (χ3v) is 3.83. The first kappa shape index (κ1) is 16.5. The highest BCUT2D eigenvalue weighted by molar-refractivity contribution is 6.30. The molecule has 0 saturated carbocycles. The van der Waals surface area contributed by atoms with Crippen LogP contribution in [0.15, 0.2) is 47.5 Å². The summed E-state index contributed by atoms with van der Waals surface area (Å²) >= 11 is 5.91. The standard InChI is InChI=1S/C18H20ClN3O2/c1-2-20-18(21-10-13-3-6-15(19)7-4-13)22-11-14-5-8-16-17(9-14)24-12-23-16/h3-9H,2,10-12H2,1H3,(H2,20,21,22). The van der Waals surface area contributed by atoms with E-state index in [2.05, 4.69) is 15.6 Å². The monoisotopic (exact) mass is 345 g/mol. The molecule has 2 N–H and O–H groups in total. The summed E-state index contributed by atoms with van der Waals surface area (Å²) in [6.45, 7) is 4.37. The lowest BCUT2D eigenvalue weighted by atomic mass is 10.2. The number of nitrogens with one attached hydrogen (secondary N) is 2. The zero-order chi connectivity index (χ0) is 16.8. The van der Waals surface area contributed by atoms with Gasteiger partial charge in [0.1, 0.15) is 0 Å². The molecule has 0 unspecified atom stereocenters. The number of rotatable bonds is 5. The minimum absolute atomic E-state index is 0.285. The second-order valence-electron chi connectivity index (χ2n) is 5.36. The van der Waals surface area contributed by atoms with Crippen LogP contribution in [-0.2, 0) is 13.1 Å². The Morgan fingerprint density at radius 3 is 2.58 bits per heavy atom. The first-order valence-corrected chi connectivity index (χ1v) is 8.27. The number of halogens is 1. The van der Waals surface area contributed by atoms with Gasteiger partial charge in [0.25, 0.3) is 0 Å². The van der Waals surface area contributed by atoms with Gasteiger partial charge in [-0.1, -0.05) is 29.8 Å². The van der Waals surface area contributed by atoms with Gasteiger partial charge < -0.3 is 20.1 Å². The van der Waals surface area contributed by atoms with E-state index in [0.29, 0.717) is 13.1 Å². The molecule has 0 fully saturated rings. The number of fused-ring (bicyclic) bond motifs is 1. The molecule has 2 aromatic rings. The fourth-order valence-electron chi connectivity index (χ4n) is 2.34. The fraction of sp³-hybridized carbons (Fsp3) is 0.278. The van der Waals surface area contributed by atoms with Crippen molar-refractivity contribution in [1.29, 1.82) is 0 Å². The van der Waals surface area contributed by atoms with Crippen LogP contribution in [-0.4, -0.2) is 19.3 Å². The Bertz CT molecular complexity index is 717. The van der Waals surface area contributed by atoms with Crippen LogP contribution in [0.2, 0.25) is 5.02 Å². The molecule has 1 aliphatic heterocycles. The van der Waals surface area contributed by atoms with Crippen molar-refractivity contribution < 1.29 is 9.47 Å². The van der Waals surface area contributed by atoms with E-state index in [1.165, 1.54) is 0 Å². The summed E-state index contributed by atoms with van der Waals surface area (Å²) in [7, 11) is 0. The van der Waals surface area contributed by atoms with Gasteiger partial charge in [0.15, 0.2) is 17.5 Å². The van der Waals surface area contributed by atoms with Crippen LogP contribution in [0.4, 0.5) is 0 Å². The number of nitrogens with zero attached hydrogens (tertiary/aromatic N) is 1. The van der Waals surface area contributed by atoms with Gasteiger partial charge in [0.05, 0.1) is 6.54 Å². The maximum absolute atomic E-state index is 5.91. The molecule has 126 valence electrons. The summed E-state index contributed by atoms with van der Waals surface area (Å²) < 4.78 is 10.7. The van der Waals surface area contributed by atoms with Crippen LogP contribution in [0.1, 0.15) is 18.1 Å². The van der Waals surface area contributed by atoms with E-state index in [9.17, 15) is 0 Å². The molecule has 6 heteroatoms. The highest BCUT2D eigenvalue weighted by atomic mass is 35.5. The van der Waals surface area contributed by atoms with Gasteiger partial charge in [-0.2, -0.15) is 0 Å². The number of guanidine groups is 1. The Balaban J connectivity index is 1.61. The number of hydrogen-bond acceptors (Lipinski definition) is 3.